The number of nitro groups is 1. The predicted molar refractivity (Wildman–Crippen MR) is 70.9 cm³/mol. The molecule has 0 unspecified atom stereocenters. The molecule has 0 aliphatic heterocycles. The molecule has 6 heteroatoms. The van der Waals surface area contributed by atoms with Crippen molar-refractivity contribution in [3.8, 4) is 5.75 Å². The van der Waals surface area contributed by atoms with Gasteiger partial charge in [-0.25, -0.2) is 4.39 Å². The van der Waals surface area contributed by atoms with Crippen LogP contribution in [-0.4, -0.2) is 23.6 Å². The van der Waals surface area contributed by atoms with Crippen molar-refractivity contribution < 1.29 is 14.1 Å². The van der Waals surface area contributed by atoms with Gasteiger partial charge in [-0.3, -0.25) is 10.1 Å². The third-order valence-corrected chi connectivity index (χ3v) is 2.35. The lowest BCUT2D eigenvalue weighted by atomic mass is 10.1. The summed E-state index contributed by atoms with van der Waals surface area (Å²) in [5, 5.41) is 14.0. The minimum atomic E-state index is -0.581. The van der Waals surface area contributed by atoms with E-state index < -0.39 is 10.7 Å². The van der Waals surface area contributed by atoms with Gasteiger partial charge in [0.05, 0.1) is 11.5 Å². The van der Waals surface area contributed by atoms with Crippen LogP contribution in [0, 0.1) is 15.9 Å². The topological polar surface area (TPSA) is 64.4 Å². The Balaban J connectivity index is 2.49. The van der Waals surface area contributed by atoms with E-state index in [1.54, 1.807) is 0 Å². The van der Waals surface area contributed by atoms with E-state index in [1.165, 1.54) is 0 Å². The first-order chi connectivity index (χ1) is 8.79. The lowest BCUT2D eigenvalue weighted by Gasteiger charge is -2.20. The Bertz CT molecular complexity index is 444. The minimum Gasteiger partial charge on any atom is -0.487 e. The van der Waals surface area contributed by atoms with Gasteiger partial charge >= 0.3 is 5.69 Å². The minimum absolute atomic E-state index is 0.0187. The molecule has 5 nitrogen and oxygen atoms in total. The summed E-state index contributed by atoms with van der Waals surface area (Å²) in [6.07, 6.45) is 0.685. The third kappa shape index (κ3) is 5.65. The molecule has 0 aliphatic rings. The second kappa shape index (κ2) is 6.47. The maximum absolute atomic E-state index is 13.0. The van der Waals surface area contributed by atoms with Crippen LogP contribution in [0.25, 0.3) is 0 Å². The SMILES string of the molecule is CC(C)(C)NCCCOc1cc(F)ccc1[N+](=O)[O-]. The van der Waals surface area contributed by atoms with Gasteiger partial charge in [0.2, 0.25) is 0 Å². The fourth-order valence-electron chi connectivity index (χ4n) is 1.47. The second-order valence-corrected chi connectivity index (χ2v) is 5.25. The molecule has 19 heavy (non-hydrogen) atoms. The maximum atomic E-state index is 13.0. The fraction of sp³-hybridized carbons (Fsp3) is 0.538. The molecule has 0 bridgehead atoms. The highest BCUT2D eigenvalue weighted by atomic mass is 19.1. The van der Waals surface area contributed by atoms with E-state index >= 15 is 0 Å². The van der Waals surface area contributed by atoms with Crippen LogP contribution in [0.1, 0.15) is 27.2 Å². The van der Waals surface area contributed by atoms with Crippen molar-refractivity contribution in [3.63, 3.8) is 0 Å². The average molecular weight is 270 g/mol. The van der Waals surface area contributed by atoms with E-state index in [0.717, 1.165) is 24.7 Å². The standard InChI is InChI=1S/C13H19FN2O3/c1-13(2,3)15-7-4-8-19-12-9-10(14)5-6-11(12)16(17)18/h5-6,9,15H,4,7-8H2,1-3H3. The molecule has 1 N–H and O–H groups in total. The number of hydrogen-bond acceptors (Lipinski definition) is 4. The van der Waals surface area contributed by atoms with Crippen molar-refractivity contribution in [2.24, 2.45) is 0 Å². The van der Waals surface area contributed by atoms with Crippen molar-refractivity contribution in [1.29, 1.82) is 0 Å². The van der Waals surface area contributed by atoms with Gasteiger partial charge in [0.15, 0.2) is 5.75 Å². The summed E-state index contributed by atoms with van der Waals surface area (Å²) in [5.74, 6) is -0.575. The summed E-state index contributed by atoms with van der Waals surface area (Å²) in [7, 11) is 0. The largest absolute Gasteiger partial charge is 0.487 e. The van der Waals surface area contributed by atoms with Gasteiger partial charge in [0.1, 0.15) is 5.82 Å². The van der Waals surface area contributed by atoms with Crippen molar-refractivity contribution in [1.82, 2.24) is 5.32 Å². The maximum Gasteiger partial charge on any atom is 0.311 e. The first-order valence-electron chi connectivity index (χ1n) is 6.11. The highest BCUT2D eigenvalue weighted by Gasteiger charge is 2.15. The summed E-state index contributed by atoms with van der Waals surface area (Å²) in [6, 6.07) is 3.19. The molecule has 106 valence electrons. The normalized spacial score (nSPS) is 11.4. The van der Waals surface area contributed by atoms with Crippen molar-refractivity contribution in [2.75, 3.05) is 13.2 Å². The molecule has 1 rings (SSSR count). The molecule has 0 spiro atoms. The van der Waals surface area contributed by atoms with Crippen LogP contribution in [-0.2, 0) is 0 Å². The predicted octanol–water partition coefficient (Wildman–Crippen LogP) is 2.89. The van der Waals surface area contributed by atoms with E-state index in [2.05, 4.69) is 5.32 Å². The zero-order valence-electron chi connectivity index (χ0n) is 11.4. The molecule has 0 atom stereocenters. The molecule has 0 amide bonds. The fourth-order valence-corrected chi connectivity index (χ4v) is 1.47. The van der Waals surface area contributed by atoms with E-state index in [4.69, 9.17) is 4.74 Å². The van der Waals surface area contributed by atoms with Gasteiger partial charge < -0.3 is 10.1 Å². The Morgan fingerprint density at radius 3 is 2.68 bits per heavy atom. The van der Waals surface area contributed by atoms with E-state index in [0.29, 0.717) is 13.0 Å². The third-order valence-electron chi connectivity index (χ3n) is 2.35. The first kappa shape index (κ1) is 15.4. The Hall–Kier alpha value is -1.69. The number of nitro benzene ring substituents is 1. The van der Waals surface area contributed by atoms with Gasteiger partial charge in [0.25, 0.3) is 0 Å². The highest BCUT2D eigenvalue weighted by molar-refractivity contribution is 5.46. The van der Waals surface area contributed by atoms with Gasteiger partial charge in [-0.2, -0.15) is 0 Å². The lowest BCUT2D eigenvalue weighted by Crippen LogP contribution is -2.36. The van der Waals surface area contributed by atoms with Crippen molar-refractivity contribution >= 4 is 5.69 Å². The second-order valence-electron chi connectivity index (χ2n) is 5.25. The van der Waals surface area contributed by atoms with Gasteiger partial charge in [0, 0.05) is 17.7 Å². The zero-order chi connectivity index (χ0) is 14.5. The molecule has 1 aromatic carbocycles. The van der Waals surface area contributed by atoms with Gasteiger partial charge in [-0.05, 0) is 39.8 Å². The number of nitrogens with one attached hydrogen (secondary N) is 1. The molecule has 1 aromatic rings. The zero-order valence-corrected chi connectivity index (χ0v) is 11.4. The Morgan fingerprint density at radius 2 is 2.11 bits per heavy atom. The number of hydrogen-bond donors (Lipinski definition) is 1. The molecule has 0 saturated heterocycles. The summed E-state index contributed by atoms with van der Waals surface area (Å²) in [6.45, 7) is 7.17. The summed E-state index contributed by atoms with van der Waals surface area (Å²) in [5.41, 5.74) is -0.199. The molecule has 0 heterocycles. The molecular formula is C13H19FN2O3. The lowest BCUT2D eigenvalue weighted by molar-refractivity contribution is -0.385. The summed E-state index contributed by atoms with van der Waals surface area (Å²) >= 11 is 0. The van der Waals surface area contributed by atoms with Crippen LogP contribution in [0.3, 0.4) is 0 Å². The summed E-state index contributed by atoms with van der Waals surface area (Å²) in [4.78, 5) is 10.2. The molecule has 0 radical (unpaired) electrons. The molecule has 0 fully saturated rings. The van der Waals surface area contributed by atoms with Crippen LogP contribution in [0.4, 0.5) is 10.1 Å². The quantitative estimate of drug-likeness (QED) is 0.490. The van der Waals surface area contributed by atoms with Crippen LogP contribution in [0.5, 0.6) is 5.75 Å². The van der Waals surface area contributed by atoms with Crippen molar-refractivity contribution in [3.05, 3.63) is 34.1 Å². The Kier molecular flexibility index (Phi) is 5.23. The number of nitrogens with zero attached hydrogens (tertiary/aromatic N) is 1. The van der Waals surface area contributed by atoms with Crippen LogP contribution < -0.4 is 10.1 Å². The van der Waals surface area contributed by atoms with Crippen LogP contribution >= 0.6 is 0 Å². The summed E-state index contributed by atoms with van der Waals surface area (Å²) < 4.78 is 18.3. The van der Waals surface area contributed by atoms with Crippen molar-refractivity contribution in [2.45, 2.75) is 32.7 Å². The molecular weight excluding hydrogens is 251 g/mol. The van der Waals surface area contributed by atoms with Gasteiger partial charge in [-0.15, -0.1) is 0 Å². The first-order valence-corrected chi connectivity index (χ1v) is 6.11. The van der Waals surface area contributed by atoms with E-state index in [1.807, 2.05) is 20.8 Å². The van der Waals surface area contributed by atoms with Crippen LogP contribution in [0.2, 0.25) is 0 Å². The Labute approximate surface area is 111 Å². The Morgan fingerprint density at radius 1 is 1.42 bits per heavy atom. The number of halogens is 1. The van der Waals surface area contributed by atoms with E-state index in [9.17, 15) is 14.5 Å². The number of benzene rings is 1. The number of ether oxygens (including phenoxy) is 1. The highest BCUT2D eigenvalue weighted by Crippen LogP contribution is 2.27. The monoisotopic (exact) mass is 270 g/mol. The number of rotatable bonds is 6. The molecule has 0 aliphatic carbocycles. The average Bonchev–Trinajstić information content (AvgIpc) is 2.26. The molecule has 0 aromatic heterocycles. The molecule has 0 saturated carbocycles. The van der Waals surface area contributed by atoms with E-state index in [-0.39, 0.29) is 17.0 Å². The van der Waals surface area contributed by atoms with Crippen LogP contribution in [0.15, 0.2) is 18.2 Å². The van der Waals surface area contributed by atoms with Gasteiger partial charge in [-0.1, -0.05) is 0 Å². The smallest absolute Gasteiger partial charge is 0.311 e.